The minimum Gasteiger partial charge on any atom is -0.352 e. The van der Waals surface area contributed by atoms with E-state index in [4.69, 9.17) is 11.6 Å². The van der Waals surface area contributed by atoms with Crippen LogP contribution in [0.5, 0.6) is 0 Å². The molecule has 4 rings (SSSR count). The van der Waals surface area contributed by atoms with E-state index in [0.717, 1.165) is 49.8 Å². The Morgan fingerprint density at radius 1 is 1.07 bits per heavy atom. The van der Waals surface area contributed by atoms with E-state index in [1.807, 2.05) is 12.1 Å². The van der Waals surface area contributed by atoms with Gasteiger partial charge in [-0.2, -0.15) is 0 Å². The molecule has 7 heteroatoms. The first-order valence-corrected chi connectivity index (χ1v) is 10.6. The normalized spacial score (nSPS) is 28.0. The zero-order valence-electron chi connectivity index (χ0n) is 16.2. The number of amides is 1. The highest BCUT2D eigenvalue weighted by Crippen LogP contribution is 2.33. The Morgan fingerprint density at radius 3 is 2.43 bits per heavy atom. The first kappa shape index (κ1) is 23.8. The van der Waals surface area contributed by atoms with Crippen LogP contribution in [0, 0.1) is 5.92 Å². The summed E-state index contributed by atoms with van der Waals surface area (Å²) in [6.45, 7) is 3.04. The van der Waals surface area contributed by atoms with E-state index in [1.54, 1.807) is 0 Å². The number of carbonyl (C=O) groups excluding carboxylic acids is 1. The summed E-state index contributed by atoms with van der Waals surface area (Å²) >= 11 is 5.96. The van der Waals surface area contributed by atoms with Crippen LogP contribution in [-0.2, 0) is 11.3 Å². The average Bonchev–Trinajstić information content (AvgIpc) is 3.10. The van der Waals surface area contributed by atoms with Gasteiger partial charge in [-0.05, 0) is 55.7 Å². The molecular weight excluding hydrogens is 417 g/mol. The molecule has 0 spiro atoms. The van der Waals surface area contributed by atoms with E-state index in [-0.39, 0.29) is 36.8 Å². The Hall–Kier alpha value is -0.520. The summed E-state index contributed by atoms with van der Waals surface area (Å²) in [6, 6.07) is 9.05. The zero-order valence-corrected chi connectivity index (χ0v) is 18.6. The highest BCUT2D eigenvalue weighted by Gasteiger charge is 2.38. The van der Waals surface area contributed by atoms with Crippen LogP contribution in [-0.4, -0.2) is 42.0 Å². The fourth-order valence-electron chi connectivity index (χ4n) is 4.91. The van der Waals surface area contributed by atoms with Crippen LogP contribution in [0.3, 0.4) is 0 Å². The third-order valence-electron chi connectivity index (χ3n) is 6.43. The minimum atomic E-state index is 0. The van der Waals surface area contributed by atoms with E-state index in [2.05, 4.69) is 27.7 Å². The smallest absolute Gasteiger partial charge is 0.237 e. The van der Waals surface area contributed by atoms with Crippen LogP contribution >= 0.6 is 36.4 Å². The standard InChI is InChI=1S/C21H30ClN3O.2ClH/c22-17-7-5-15(6-8-17)14-25-11-9-18(10-12-25)23-21(26)20-13-16-3-1-2-4-19(16)24-20;;/h5-8,16,18-20,24H,1-4,9-14H2,(H,23,26);2*1H. The van der Waals surface area contributed by atoms with Crippen LogP contribution in [0.1, 0.15) is 50.5 Å². The lowest BCUT2D eigenvalue weighted by molar-refractivity contribution is -0.123. The molecule has 0 bridgehead atoms. The van der Waals surface area contributed by atoms with Crippen LogP contribution in [0.2, 0.25) is 5.02 Å². The van der Waals surface area contributed by atoms with Gasteiger partial charge in [0.1, 0.15) is 0 Å². The highest BCUT2D eigenvalue weighted by atomic mass is 35.5. The second-order valence-corrected chi connectivity index (χ2v) is 8.73. The molecule has 1 amide bonds. The SMILES string of the molecule is Cl.Cl.O=C(NC1CCN(Cc2ccc(Cl)cc2)CC1)C1CC2CCCCC2N1. The summed E-state index contributed by atoms with van der Waals surface area (Å²) in [4.78, 5) is 15.1. The summed E-state index contributed by atoms with van der Waals surface area (Å²) in [5, 5.41) is 7.70. The maximum absolute atomic E-state index is 12.7. The van der Waals surface area contributed by atoms with Crippen molar-refractivity contribution >= 4 is 42.3 Å². The molecule has 1 saturated carbocycles. The molecule has 2 aliphatic heterocycles. The molecule has 4 nitrogen and oxygen atoms in total. The number of halogens is 3. The van der Waals surface area contributed by atoms with E-state index in [0.29, 0.717) is 12.1 Å². The molecular formula is C21H32Cl3N3O. The summed E-state index contributed by atoms with van der Waals surface area (Å²) < 4.78 is 0. The van der Waals surface area contributed by atoms with E-state index in [1.165, 1.54) is 31.2 Å². The van der Waals surface area contributed by atoms with Crippen molar-refractivity contribution in [1.29, 1.82) is 0 Å². The van der Waals surface area contributed by atoms with Crippen molar-refractivity contribution in [2.45, 2.75) is 69.6 Å². The van der Waals surface area contributed by atoms with Crippen molar-refractivity contribution < 1.29 is 4.79 Å². The fraction of sp³-hybridized carbons (Fsp3) is 0.667. The van der Waals surface area contributed by atoms with Gasteiger partial charge in [0.05, 0.1) is 6.04 Å². The molecule has 2 N–H and O–H groups in total. The Labute approximate surface area is 186 Å². The molecule has 28 heavy (non-hydrogen) atoms. The second kappa shape index (κ2) is 11.0. The maximum atomic E-state index is 12.7. The fourth-order valence-corrected chi connectivity index (χ4v) is 5.03. The van der Waals surface area contributed by atoms with Gasteiger partial charge in [0.25, 0.3) is 0 Å². The van der Waals surface area contributed by atoms with Crippen molar-refractivity contribution in [2.75, 3.05) is 13.1 Å². The molecule has 1 aliphatic carbocycles. The van der Waals surface area contributed by atoms with E-state index in [9.17, 15) is 4.79 Å². The van der Waals surface area contributed by atoms with E-state index < -0.39 is 0 Å². The number of carbonyl (C=O) groups is 1. The van der Waals surface area contributed by atoms with Crippen molar-refractivity contribution in [3.8, 4) is 0 Å². The number of fused-ring (bicyclic) bond motifs is 1. The van der Waals surface area contributed by atoms with Crippen LogP contribution in [0.15, 0.2) is 24.3 Å². The van der Waals surface area contributed by atoms with Gasteiger partial charge in [0.2, 0.25) is 5.91 Å². The molecule has 0 aromatic heterocycles. The Balaban J connectivity index is 0.00000140. The Bertz CT molecular complexity index is 606. The van der Waals surface area contributed by atoms with Gasteiger partial charge in [-0.3, -0.25) is 9.69 Å². The van der Waals surface area contributed by atoms with Gasteiger partial charge in [0.15, 0.2) is 0 Å². The number of hydrogen-bond donors (Lipinski definition) is 2. The number of piperidine rings is 1. The lowest BCUT2D eigenvalue weighted by Crippen LogP contribution is -2.50. The molecule has 3 unspecified atom stereocenters. The topological polar surface area (TPSA) is 44.4 Å². The largest absolute Gasteiger partial charge is 0.352 e. The van der Waals surface area contributed by atoms with Gasteiger partial charge in [-0.25, -0.2) is 0 Å². The van der Waals surface area contributed by atoms with Gasteiger partial charge >= 0.3 is 0 Å². The first-order chi connectivity index (χ1) is 12.7. The summed E-state index contributed by atoms with van der Waals surface area (Å²) in [7, 11) is 0. The molecule has 3 fully saturated rings. The average molecular weight is 449 g/mol. The maximum Gasteiger partial charge on any atom is 0.237 e. The first-order valence-electron chi connectivity index (χ1n) is 10.2. The highest BCUT2D eigenvalue weighted by molar-refractivity contribution is 6.30. The minimum absolute atomic E-state index is 0. The third-order valence-corrected chi connectivity index (χ3v) is 6.68. The number of hydrogen-bond acceptors (Lipinski definition) is 3. The number of rotatable bonds is 4. The number of likely N-dealkylation sites (tertiary alicyclic amines) is 1. The quantitative estimate of drug-likeness (QED) is 0.726. The van der Waals surface area contributed by atoms with Crippen LogP contribution in [0.4, 0.5) is 0 Å². The van der Waals surface area contributed by atoms with Crippen molar-refractivity contribution in [3.63, 3.8) is 0 Å². The van der Waals surface area contributed by atoms with Crippen LogP contribution < -0.4 is 10.6 Å². The van der Waals surface area contributed by atoms with Gasteiger partial charge in [0, 0.05) is 36.7 Å². The summed E-state index contributed by atoms with van der Waals surface area (Å²) in [5.41, 5.74) is 1.30. The summed E-state index contributed by atoms with van der Waals surface area (Å²) in [6.07, 6.45) is 8.31. The lowest BCUT2D eigenvalue weighted by Gasteiger charge is -2.33. The monoisotopic (exact) mass is 447 g/mol. The van der Waals surface area contributed by atoms with Crippen molar-refractivity contribution in [3.05, 3.63) is 34.9 Å². The summed E-state index contributed by atoms with van der Waals surface area (Å²) in [5.74, 6) is 0.955. The molecule has 1 aromatic rings. The second-order valence-electron chi connectivity index (χ2n) is 8.29. The van der Waals surface area contributed by atoms with Crippen LogP contribution in [0.25, 0.3) is 0 Å². The van der Waals surface area contributed by atoms with Crippen molar-refractivity contribution in [1.82, 2.24) is 15.5 Å². The van der Waals surface area contributed by atoms with Gasteiger partial charge < -0.3 is 10.6 Å². The van der Waals surface area contributed by atoms with Gasteiger partial charge in [-0.15, -0.1) is 24.8 Å². The molecule has 3 atom stereocenters. The number of nitrogens with zero attached hydrogens (tertiary/aromatic N) is 1. The number of nitrogens with one attached hydrogen (secondary N) is 2. The Kier molecular flexibility index (Phi) is 9.36. The lowest BCUT2D eigenvalue weighted by atomic mass is 9.85. The zero-order chi connectivity index (χ0) is 17.9. The predicted molar refractivity (Wildman–Crippen MR) is 120 cm³/mol. The number of benzene rings is 1. The predicted octanol–water partition coefficient (Wildman–Crippen LogP) is 4.18. The Morgan fingerprint density at radius 2 is 1.75 bits per heavy atom. The molecule has 2 saturated heterocycles. The van der Waals surface area contributed by atoms with E-state index >= 15 is 0 Å². The molecule has 0 radical (unpaired) electrons. The third kappa shape index (κ3) is 5.99. The molecule has 1 aromatic carbocycles. The molecule has 3 aliphatic rings. The molecule has 2 heterocycles. The molecule has 158 valence electrons. The van der Waals surface area contributed by atoms with Crippen molar-refractivity contribution in [2.24, 2.45) is 5.92 Å². The van der Waals surface area contributed by atoms with Gasteiger partial charge in [-0.1, -0.05) is 36.6 Å².